The molecule has 0 aliphatic heterocycles. The SMILES string of the molecule is CCCc1cc(C(=O)O)c(OC(C)=O)c(CCC)c1OC(C)=O. The van der Waals surface area contributed by atoms with Gasteiger partial charge in [0.05, 0.1) is 0 Å². The summed E-state index contributed by atoms with van der Waals surface area (Å²) in [7, 11) is 0. The van der Waals surface area contributed by atoms with E-state index in [0.29, 0.717) is 36.1 Å². The van der Waals surface area contributed by atoms with Crippen LogP contribution in [0.1, 0.15) is 62.0 Å². The maximum atomic E-state index is 11.6. The highest BCUT2D eigenvalue weighted by molar-refractivity contribution is 5.94. The second-order valence-corrected chi connectivity index (χ2v) is 5.21. The molecule has 0 fully saturated rings. The molecule has 0 radical (unpaired) electrons. The van der Waals surface area contributed by atoms with E-state index in [-0.39, 0.29) is 11.3 Å². The van der Waals surface area contributed by atoms with E-state index in [9.17, 15) is 19.5 Å². The van der Waals surface area contributed by atoms with E-state index in [4.69, 9.17) is 9.47 Å². The van der Waals surface area contributed by atoms with Gasteiger partial charge < -0.3 is 14.6 Å². The summed E-state index contributed by atoms with van der Waals surface area (Å²) in [5, 5.41) is 9.44. The Morgan fingerprint density at radius 2 is 1.48 bits per heavy atom. The fraction of sp³-hybridized carbons (Fsp3) is 0.471. The van der Waals surface area contributed by atoms with Crippen molar-refractivity contribution in [1.82, 2.24) is 0 Å². The van der Waals surface area contributed by atoms with Gasteiger partial charge in [0.2, 0.25) is 0 Å². The van der Waals surface area contributed by atoms with Gasteiger partial charge in [0, 0.05) is 19.4 Å². The Labute approximate surface area is 135 Å². The molecular weight excluding hydrogens is 300 g/mol. The number of hydrogen-bond donors (Lipinski definition) is 1. The van der Waals surface area contributed by atoms with Crippen molar-refractivity contribution in [2.45, 2.75) is 53.4 Å². The summed E-state index contributed by atoms with van der Waals surface area (Å²) >= 11 is 0. The van der Waals surface area contributed by atoms with Crippen LogP contribution in [0.15, 0.2) is 6.07 Å². The predicted molar refractivity (Wildman–Crippen MR) is 84.0 cm³/mol. The lowest BCUT2D eigenvalue weighted by Crippen LogP contribution is -2.14. The largest absolute Gasteiger partial charge is 0.478 e. The molecule has 1 rings (SSSR count). The van der Waals surface area contributed by atoms with E-state index in [1.54, 1.807) is 0 Å². The molecule has 0 aliphatic carbocycles. The van der Waals surface area contributed by atoms with Crippen LogP contribution >= 0.6 is 0 Å². The summed E-state index contributed by atoms with van der Waals surface area (Å²) in [6.07, 6.45) is 2.42. The number of ether oxygens (including phenoxy) is 2. The van der Waals surface area contributed by atoms with Crippen molar-refractivity contribution in [1.29, 1.82) is 0 Å². The third kappa shape index (κ3) is 4.81. The fourth-order valence-corrected chi connectivity index (χ4v) is 2.39. The highest BCUT2D eigenvalue weighted by atomic mass is 16.5. The maximum Gasteiger partial charge on any atom is 0.339 e. The van der Waals surface area contributed by atoms with Crippen molar-refractivity contribution in [3.05, 3.63) is 22.8 Å². The van der Waals surface area contributed by atoms with Crippen molar-refractivity contribution < 1.29 is 29.0 Å². The molecular formula is C17H22O6. The van der Waals surface area contributed by atoms with Crippen LogP contribution in [0.4, 0.5) is 0 Å². The predicted octanol–water partition coefficient (Wildman–Crippen LogP) is 3.14. The number of esters is 2. The van der Waals surface area contributed by atoms with Crippen LogP contribution in [-0.2, 0) is 22.4 Å². The van der Waals surface area contributed by atoms with E-state index in [1.807, 2.05) is 13.8 Å². The average Bonchev–Trinajstić information content (AvgIpc) is 2.43. The third-order valence-corrected chi connectivity index (χ3v) is 3.14. The van der Waals surface area contributed by atoms with Gasteiger partial charge in [0.1, 0.15) is 11.3 Å². The normalized spacial score (nSPS) is 10.3. The summed E-state index contributed by atoms with van der Waals surface area (Å²) in [6.45, 7) is 6.33. The molecule has 126 valence electrons. The summed E-state index contributed by atoms with van der Waals surface area (Å²) in [5.74, 6) is -2.05. The fourth-order valence-electron chi connectivity index (χ4n) is 2.39. The lowest BCUT2D eigenvalue weighted by Gasteiger charge is -2.19. The van der Waals surface area contributed by atoms with Crippen LogP contribution in [0.2, 0.25) is 0 Å². The van der Waals surface area contributed by atoms with E-state index in [0.717, 1.165) is 6.42 Å². The molecule has 6 nitrogen and oxygen atoms in total. The van der Waals surface area contributed by atoms with Crippen LogP contribution in [0.3, 0.4) is 0 Å². The first-order valence-corrected chi connectivity index (χ1v) is 7.60. The highest BCUT2D eigenvalue weighted by Gasteiger charge is 2.25. The number of carboxylic acid groups (broad SMARTS) is 1. The topological polar surface area (TPSA) is 89.9 Å². The molecule has 23 heavy (non-hydrogen) atoms. The maximum absolute atomic E-state index is 11.6. The average molecular weight is 322 g/mol. The molecule has 1 N–H and O–H groups in total. The number of aromatic carboxylic acids is 1. The van der Waals surface area contributed by atoms with E-state index in [1.165, 1.54) is 19.9 Å². The first kappa shape index (κ1) is 18.7. The van der Waals surface area contributed by atoms with Crippen molar-refractivity contribution in [3.63, 3.8) is 0 Å². The van der Waals surface area contributed by atoms with Gasteiger partial charge in [-0.15, -0.1) is 0 Å². The van der Waals surface area contributed by atoms with E-state index in [2.05, 4.69) is 0 Å². The molecule has 0 saturated heterocycles. The Kier molecular flexibility index (Phi) is 6.75. The van der Waals surface area contributed by atoms with Crippen molar-refractivity contribution in [2.75, 3.05) is 0 Å². The lowest BCUT2D eigenvalue weighted by molar-refractivity contribution is -0.132. The van der Waals surface area contributed by atoms with Gasteiger partial charge >= 0.3 is 17.9 Å². The molecule has 6 heteroatoms. The highest BCUT2D eigenvalue weighted by Crippen LogP contribution is 2.38. The van der Waals surface area contributed by atoms with Crippen LogP contribution in [0.5, 0.6) is 11.5 Å². The Morgan fingerprint density at radius 1 is 0.957 bits per heavy atom. The third-order valence-electron chi connectivity index (χ3n) is 3.14. The molecule has 1 aromatic carbocycles. The molecule has 1 aromatic rings. The van der Waals surface area contributed by atoms with E-state index < -0.39 is 17.9 Å². The smallest absolute Gasteiger partial charge is 0.339 e. The minimum Gasteiger partial charge on any atom is -0.478 e. The van der Waals surface area contributed by atoms with Crippen LogP contribution in [0.25, 0.3) is 0 Å². The monoisotopic (exact) mass is 322 g/mol. The van der Waals surface area contributed by atoms with Gasteiger partial charge in [-0.3, -0.25) is 9.59 Å². The summed E-state index contributed by atoms with van der Waals surface area (Å²) < 4.78 is 10.5. The molecule has 0 aromatic heterocycles. The first-order chi connectivity index (χ1) is 10.8. The molecule has 0 aliphatic rings. The van der Waals surface area contributed by atoms with Gasteiger partial charge in [0.15, 0.2) is 5.75 Å². The van der Waals surface area contributed by atoms with Crippen molar-refractivity contribution >= 4 is 17.9 Å². The molecule has 0 heterocycles. The number of carbonyl (C=O) groups is 3. The minimum absolute atomic E-state index is 0.0389. The van der Waals surface area contributed by atoms with Crippen LogP contribution in [-0.4, -0.2) is 23.0 Å². The molecule has 0 spiro atoms. The zero-order valence-electron chi connectivity index (χ0n) is 13.9. The molecule has 0 amide bonds. The Balaban J connectivity index is 3.70. The van der Waals surface area contributed by atoms with Gasteiger partial charge in [-0.05, 0) is 24.5 Å². The quantitative estimate of drug-likeness (QED) is 0.612. The molecule has 0 atom stereocenters. The van der Waals surface area contributed by atoms with Crippen molar-refractivity contribution in [2.24, 2.45) is 0 Å². The second kappa shape index (κ2) is 8.31. The number of carbonyl (C=O) groups excluding carboxylic acids is 2. The zero-order valence-corrected chi connectivity index (χ0v) is 13.9. The lowest BCUT2D eigenvalue weighted by atomic mass is 9.96. The number of hydrogen-bond acceptors (Lipinski definition) is 5. The van der Waals surface area contributed by atoms with Gasteiger partial charge in [-0.25, -0.2) is 4.79 Å². The summed E-state index contributed by atoms with van der Waals surface area (Å²) in [6, 6.07) is 1.42. The van der Waals surface area contributed by atoms with E-state index >= 15 is 0 Å². The Bertz CT molecular complexity index is 618. The van der Waals surface area contributed by atoms with Crippen LogP contribution in [0, 0.1) is 0 Å². The number of rotatable bonds is 7. The summed E-state index contributed by atoms with van der Waals surface area (Å²) in [5.41, 5.74) is 0.976. The first-order valence-electron chi connectivity index (χ1n) is 7.60. The van der Waals surface area contributed by atoms with Gasteiger partial charge in [-0.1, -0.05) is 26.7 Å². The van der Waals surface area contributed by atoms with Gasteiger partial charge in [-0.2, -0.15) is 0 Å². The Hall–Kier alpha value is -2.37. The molecule has 0 bridgehead atoms. The second-order valence-electron chi connectivity index (χ2n) is 5.21. The minimum atomic E-state index is -1.19. The number of benzene rings is 1. The zero-order chi connectivity index (χ0) is 17.6. The molecule has 0 unspecified atom stereocenters. The summed E-state index contributed by atoms with van der Waals surface area (Å²) in [4.78, 5) is 34.3. The van der Waals surface area contributed by atoms with Gasteiger partial charge in [0.25, 0.3) is 0 Å². The number of aryl methyl sites for hydroxylation is 1. The Morgan fingerprint density at radius 3 is 1.91 bits per heavy atom. The standard InChI is InChI=1S/C17H22O6/c1-5-7-12-9-14(17(20)21)16(23-11(4)19)13(8-6-2)15(12)22-10(3)18/h9H,5-8H2,1-4H3,(H,20,21). The van der Waals surface area contributed by atoms with Crippen LogP contribution < -0.4 is 9.47 Å². The number of carboxylic acids is 1. The van der Waals surface area contributed by atoms with Crippen molar-refractivity contribution in [3.8, 4) is 11.5 Å². The molecule has 0 saturated carbocycles.